The predicted octanol–water partition coefficient (Wildman–Crippen LogP) is 0.968. The van der Waals surface area contributed by atoms with E-state index < -0.39 is 0 Å². The molecule has 2 atom stereocenters. The minimum Gasteiger partial charge on any atom is -0.402 e. The fourth-order valence-corrected chi connectivity index (χ4v) is 3.03. The van der Waals surface area contributed by atoms with Crippen LogP contribution in [0.1, 0.15) is 59.3 Å². The van der Waals surface area contributed by atoms with Gasteiger partial charge in [0.15, 0.2) is 0 Å². The number of amides is 1. The zero-order chi connectivity index (χ0) is 20.4. The van der Waals surface area contributed by atoms with Gasteiger partial charge in [-0.1, -0.05) is 19.3 Å². The molecule has 8 heteroatoms. The van der Waals surface area contributed by atoms with Gasteiger partial charge in [0.25, 0.3) is 0 Å². The van der Waals surface area contributed by atoms with Crippen LogP contribution in [0.25, 0.3) is 0 Å². The van der Waals surface area contributed by atoms with E-state index in [0.29, 0.717) is 30.3 Å². The van der Waals surface area contributed by atoms with E-state index in [0.717, 1.165) is 12.8 Å². The molecule has 9 N–H and O–H groups in total. The first kappa shape index (κ1) is 23.0. The van der Waals surface area contributed by atoms with E-state index in [1.54, 1.807) is 13.0 Å². The van der Waals surface area contributed by atoms with Gasteiger partial charge >= 0.3 is 0 Å². The Labute approximate surface area is 162 Å². The summed E-state index contributed by atoms with van der Waals surface area (Å²) in [5.74, 6) is 0.0301. The highest BCUT2D eigenvalue weighted by atomic mass is 16.5. The molecule has 1 rings (SSSR count). The van der Waals surface area contributed by atoms with Crippen LogP contribution in [-0.4, -0.2) is 36.5 Å². The Bertz CT molecular complexity index is 575. The lowest BCUT2D eigenvalue weighted by atomic mass is 9.97. The van der Waals surface area contributed by atoms with Gasteiger partial charge in [-0.2, -0.15) is 0 Å². The monoisotopic (exact) mass is 380 g/mol. The third-order valence-electron chi connectivity index (χ3n) is 4.56. The van der Waals surface area contributed by atoms with Gasteiger partial charge < -0.3 is 33.0 Å². The lowest BCUT2D eigenvalue weighted by molar-refractivity contribution is -0.118. The molecule has 1 aliphatic carbocycles. The fraction of sp³-hybridized carbons (Fsp3) is 0.684. The molecule has 8 nitrogen and oxygen atoms in total. The number of hydrogen-bond donors (Lipinski definition) is 5. The van der Waals surface area contributed by atoms with E-state index in [2.05, 4.69) is 10.3 Å². The van der Waals surface area contributed by atoms with Gasteiger partial charge in [-0.15, -0.1) is 0 Å². The molecule has 0 saturated heterocycles. The highest BCUT2D eigenvalue weighted by molar-refractivity contribution is 6.00. The third kappa shape index (κ3) is 8.92. The number of hydrogen-bond acceptors (Lipinski definition) is 6. The van der Waals surface area contributed by atoms with Gasteiger partial charge in [0, 0.05) is 25.2 Å². The smallest absolute Gasteiger partial charge is 0.222 e. The highest BCUT2D eigenvalue weighted by Crippen LogP contribution is 2.22. The molecule has 0 spiro atoms. The Kier molecular flexibility index (Phi) is 9.88. The van der Waals surface area contributed by atoms with Crippen molar-refractivity contribution in [1.82, 2.24) is 5.32 Å². The largest absolute Gasteiger partial charge is 0.402 e. The molecule has 154 valence electrons. The first-order chi connectivity index (χ1) is 12.7. The molecular weight excluding hydrogens is 344 g/mol. The molecular formula is C19H36N6O2. The SMILES string of the molecule is CC(=O)NC(N)=C(/C=C(/C)N)C(N)=NCCC(N)C(C)OC1CCCCC1. The molecule has 0 radical (unpaired) electrons. The normalized spacial score (nSPS) is 20.0. The molecule has 1 fully saturated rings. The van der Waals surface area contributed by atoms with Crippen LogP contribution < -0.4 is 28.3 Å². The quantitative estimate of drug-likeness (QED) is 0.228. The van der Waals surface area contributed by atoms with Crippen LogP contribution in [0.15, 0.2) is 28.2 Å². The van der Waals surface area contributed by atoms with Crippen LogP contribution in [-0.2, 0) is 9.53 Å². The van der Waals surface area contributed by atoms with Gasteiger partial charge in [-0.3, -0.25) is 9.79 Å². The van der Waals surface area contributed by atoms with Gasteiger partial charge in [-0.05, 0) is 39.2 Å². The highest BCUT2D eigenvalue weighted by Gasteiger charge is 2.20. The van der Waals surface area contributed by atoms with Crippen LogP contribution in [0.5, 0.6) is 0 Å². The van der Waals surface area contributed by atoms with E-state index in [-0.39, 0.29) is 29.7 Å². The molecule has 0 aromatic heterocycles. The van der Waals surface area contributed by atoms with Gasteiger partial charge in [-0.25, -0.2) is 0 Å². The van der Waals surface area contributed by atoms with Crippen LogP contribution >= 0.6 is 0 Å². The number of allylic oxidation sites excluding steroid dienone is 1. The van der Waals surface area contributed by atoms with Crippen LogP contribution in [0.4, 0.5) is 0 Å². The molecule has 1 aliphatic rings. The maximum atomic E-state index is 11.2. The Morgan fingerprint density at radius 1 is 1.22 bits per heavy atom. The minimum atomic E-state index is -0.295. The number of amidine groups is 1. The van der Waals surface area contributed by atoms with Crippen molar-refractivity contribution in [2.75, 3.05) is 6.54 Å². The zero-order valence-electron chi connectivity index (χ0n) is 16.8. The summed E-state index contributed by atoms with van der Waals surface area (Å²) in [7, 11) is 0. The number of carbonyl (C=O) groups excluding carboxylic acids is 1. The van der Waals surface area contributed by atoms with E-state index in [1.165, 1.54) is 26.2 Å². The molecule has 0 aromatic carbocycles. The number of carbonyl (C=O) groups is 1. The summed E-state index contributed by atoms with van der Waals surface area (Å²) in [6.07, 6.45) is 8.48. The Hall–Kier alpha value is -2.06. The van der Waals surface area contributed by atoms with Gasteiger partial charge in [0.1, 0.15) is 11.7 Å². The average molecular weight is 381 g/mol. The van der Waals surface area contributed by atoms with Crippen molar-refractivity contribution < 1.29 is 9.53 Å². The van der Waals surface area contributed by atoms with Crippen molar-refractivity contribution in [1.29, 1.82) is 0 Å². The van der Waals surface area contributed by atoms with Crippen molar-refractivity contribution in [2.24, 2.45) is 27.9 Å². The Balaban J connectivity index is 2.63. The standard InChI is InChI=1S/C19H36N6O2/c1-12(20)11-16(19(23)25-14(3)26)18(22)24-10-9-17(21)13(2)27-15-7-5-4-6-8-15/h11,13,15,17H,4-10,20-21,23H2,1-3H3,(H2,22,24)(H,25,26)/b12-11-,19-16?. The second kappa shape index (κ2) is 11.6. The maximum Gasteiger partial charge on any atom is 0.222 e. The van der Waals surface area contributed by atoms with Crippen molar-refractivity contribution in [2.45, 2.75) is 77.5 Å². The van der Waals surface area contributed by atoms with Gasteiger partial charge in [0.05, 0.1) is 17.8 Å². The summed E-state index contributed by atoms with van der Waals surface area (Å²) in [4.78, 5) is 15.6. The van der Waals surface area contributed by atoms with E-state index in [1.807, 2.05) is 6.92 Å². The molecule has 1 saturated carbocycles. The third-order valence-corrected chi connectivity index (χ3v) is 4.56. The summed E-state index contributed by atoms with van der Waals surface area (Å²) in [5, 5.41) is 2.50. The first-order valence-corrected chi connectivity index (χ1v) is 9.63. The average Bonchev–Trinajstić information content (AvgIpc) is 2.59. The van der Waals surface area contributed by atoms with E-state index in [9.17, 15) is 4.79 Å². The lowest BCUT2D eigenvalue weighted by Gasteiger charge is -2.28. The topological polar surface area (TPSA) is 155 Å². The summed E-state index contributed by atoms with van der Waals surface area (Å²) in [6, 6.07) is -0.129. The molecule has 2 unspecified atom stereocenters. The van der Waals surface area contributed by atoms with Crippen molar-refractivity contribution in [3.63, 3.8) is 0 Å². The van der Waals surface area contributed by atoms with E-state index in [4.69, 9.17) is 27.7 Å². The van der Waals surface area contributed by atoms with Crippen molar-refractivity contribution in [3.8, 4) is 0 Å². The minimum absolute atomic E-state index is 0.0323. The second-order valence-corrected chi connectivity index (χ2v) is 7.22. The number of aliphatic imine (C=N–C) groups is 1. The van der Waals surface area contributed by atoms with Crippen LogP contribution in [0.2, 0.25) is 0 Å². The van der Waals surface area contributed by atoms with Crippen LogP contribution in [0.3, 0.4) is 0 Å². The number of rotatable bonds is 9. The van der Waals surface area contributed by atoms with Crippen LogP contribution in [0, 0.1) is 0 Å². The number of nitrogens with zero attached hydrogens (tertiary/aromatic N) is 1. The molecule has 0 heterocycles. The van der Waals surface area contributed by atoms with Crippen molar-refractivity contribution >= 4 is 11.7 Å². The molecule has 0 bridgehead atoms. The summed E-state index contributed by atoms with van der Waals surface area (Å²) < 4.78 is 6.09. The van der Waals surface area contributed by atoms with E-state index >= 15 is 0 Å². The number of ether oxygens (including phenoxy) is 1. The summed E-state index contributed by atoms with van der Waals surface area (Å²) >= 11 is 0. The molecule has 27 heavy (non-hydrogen) atoms. The lowest BCUT2D eigenvalue weighted by Crippen LogP contribution is -2.38. The van der Waals surface area contributed by atoms with Gasteiger partial charge in [0.2, 0.25) is 5.91 Å². The second-order valence-electron chi connectivity index (χ2n) is 7.22. The Morgan fingerprint density at radius 3 is 2.41 bits per heavy atom. The Morgan fingerprint density at radius 2 is 1.85 bits per heavy atom. The molecule has 1 amide bonds. The zero-order valence-corrected chi connectivity index (χ0v) is 16.8. The van der Waals surface area contributed by atoms with Crippen molar-refractivity contribution in [3.05, 3.63) is 23.2 Å². The predicted molar refractivity (Wildman–Crippen MR) is 109 cm³/mol. The molecule has 0 aliphatic heterocycles. The maximum absolute atomic E-state index is 11.2. The fourth-order valence-electron chi connectivity index (χ4n) is 3.03. The summed E-state index contributed by atoms with van der Waals surface area (Å²) in [5.41, 5.74) is 24.8. The molecule has 0 aromatic rings. The summed E-state index contributed by atoms with van der Waals surface area (Å²) in [6.45, 7) is 5.50. The first-order valence-electron chi connectivity index (χ1n) is 9.63. The number of nitrogens with two attached hydrogens (primary N) is 4. The number of nitrogens with one attached hydrogen (secondary N) is 1.